The molecule has 0 saturated heterocycles. The molecule has 1 N–H and O–H groups in total. The summed E-state index contributed by atoms with van der Waals surface area (Å²) in [5.41, 5.74) is 3.66. The number of nitrogens with zero attached hydrogens (tertiary/aromatic N) is 2. The fourth-order valence-electron chi connectivity index (χ4n) is 3.57. The highest BCUT2D eigenvalue weighted by Crippen LogP contribution is 2.28. The lowest BCUT2D eigenvalue weighted by atomic mass is 9.88. The Hall–Kier alpha value is -2.95. The maximum atomic E-state index is 12.4. The summed E-state index contributed by atoms with van der Waals surface area (Å²) >= 11 is 0. The van der Waals surface area contributed by atoms with Gasteiger partial charge in [-0.1, -0.05) is 37.5 Å². The summed E-state index contributed by atoms with van der Waals surface area (Å²) < 4.78 is 5.84. The van der Waals surface area contributed by atoms with E-state index in [9.17, 15) is 4.79 Å². The quantitative estimate of drug-likeness (QED) is 0.691. The molecule has 1 amide bonds. The van der Waals surface area contributed by atoms with Crippen LogP contribution in [0.3, 0.4) is 0 Å². The van der Waals surface area contributed by atoms with Crippen LogP contribution in [-0.4, -0.2) is 16.1 Å². The number of hydrogen-bond acceptors (Lipinski definition) is 4. The van der Waals surface area contributed by atoms with Gasteiger partial charge in [0.1, 0.15) is 0 Å². The number of anilines is 1. The molecule has 4 rings (SSSR count). The Balaban J connectivity index is 1.46. The van der Waals surface area contributed by atoms with Crippen molar-refractivity contribution in [3.63, 3.8) is 0 Å². The number of aryl methyl sites for hydroxylation is 1. The second kappa shape index (κ2) is 7.74. The number of amides is 1. The van der Waals surface area contributed by atoms with Gasteiger partial charge in [-0.15, -0.1) is 10.2 Å². The largest absolute Gasteiger partial charge is 0.416 e. The second-order valence-corrected chi connectivity index (χ2v) is 7.13. The maximum absolute atomic E-state index is 12.4. The monoisotopic (exact) mass is 361 g/mol. The van der Waals surface area contributed by atoms with E-state index in [-0.39, 0.29) is 11.8 Å². The molecular formula is C22H23N3O2. The van der Waals surface area contributed by atoms with Crippen molar-refractivity contribution in [3.8, 4) is 22.9 Å². The SMILES string of the molecule is Cc1ccccc1-c1nnc(-c2ccc(NC(=O)C3CCCCC3)cc2)o1. The Labute approximate surface area is 158 Å². The fourth-order valence-corrected chi connectivity index (χ4v) is 3.57. The van der Waals surface area contributed by atoms with E-state index >= 15 is 0 Å². The van der Waals surface area contributed by atoms with Crippen LogP contribution < -0.4 is 5.32 Å². The first-order valence-corrected chi connectivity index (χ1v) is 9.51. The van der Waals surface area contributed by atoms with Crippen LogP contribution in [0.5, 0.6) is 0 Å². The summed E-state index contributed by atoms with van der Waals surface area (Å²) in [4.78, 5) is 12.4. The van der Waals surface area contributed by atoms with Crippen LogP contribution >= 0.6 is 0 Å². The van der Waals surface area contributed by atoms with E-state index in [4.69, 9.17) is 4.42 Å². The summed E-state index contributed by atoms with van der Waals surface area (Å²) in [5, 5.41) is 11.4. The molecule has 0 aliphatic heterocycles. The number of aromatic nitrogens is 2. The average Bonchev–Trinajstić information content (AvgIpc) is 3.19. The summed E-state index contributed by atoms with van der Waals surface area (Å²) in [7, 11) is 0. The first-order chi connectivity index (χ1) is 13.2. The van der Waals surface area contributed by atoms with Crippen molar-refractivity contribution in [1.29, 1.82) is 0 Å². The van der Waals surface area contributed by atoms with Crippen molar-refractivity contribution in [3.05, 3.63) is 54.1 Å². The van der Waals surface area contributed by atoms with Crippen molar-refractivity contribution in [2.45, 2.75) is 39.0 Å². The van der Waals surface area contributed by atoms with Gasteiger partial charge in [0.2, 0.25) is 17.7 Å². The zero-order valence-electron chi connectivity index (χ0n) is 15.4. The van der Waals surface area contributed by atoms with Gasteiger partial charge in [-0.25, -0.2) is 0 Å². The fraction of sp³-hybridized carbons (Fsp3) is 0.318. The average molecular weight is 361 g/mol. The summed E-state index contributed by atoms with van der Waals surface area (Å²) in [6, 6.07) is 15.5. The van der Waals surface area contributed by atoms with Gasteiger partial charge in [0.15, 0.2) is 0 Å². The van der Waals surface area contributed by atoms with Crippen LogP contribution in [0, 0.1) is 12.8 Å². The number of carbonyl (C=O) groups excluding carboxylic acids is 1. The third-order valence-electron chi connectivity index (χ3n) is 5.18. The zero-order valence-corrected chi connectivity index (χ0v) is 15.4. The molecule has 1 saturated carbocycles. The van der Waals surface area contributed by atoms with Gasteiger partial charge in [-0.05, 0) is 55.7 Å². The topological polar surface area (TPSA) is 68.0 Å². The predicted molar refractivity (Wildman–Crippen MR) is 105 cm³/mol. The van der Waals surface area contributed by atoms with Gasteiger partial charge in [-0.3, -0.25) is 4.79 Å². The normalized spacial score (nSPS) is 14.9. The molecule has 0 atom stereocenters. The lowest BCUT2D eigenvalue weighted by molar-refractivity contribution is -0.120. The molecule has 5 heteroatoms. The van der Waals surface area contributed by atoms with Gasteiger partial charge >= 0.3 is 0 Å². The van der Waals surface area contributed by atoms with E-state index in [0.717, 1.165) is 48.1 Å². The van der Waals surface area contributed by atoms with Crippen LogP contribution in [0.2, 0.25) is 0 Å². The molecule has 2 aromatic carbocycles. The minimum absolute atomic E-state index is 0.127. The number of carbonyl (C=O) groups is 1. The first-order valence-electron chi connectivity index (χ1n) is 9.51. The molecule has 1 aliphatic carbocycles. The minimum atomic E-state index is 0.127. The van der Waals surface area contributed by atoms with Crippen LogP contribution in [0.15, 0.2) is 52.9 Å². The molecular weight excluding hydrogens is 338 g/mol. The van der Waals surface area contributed by atoms with Crippen LogP contribution in [0.1, 0.15) is 37.7 Å². The molecule has 0 bridgehead atoms. The predicted octanol–water partition coefficient (Wildman–Crippen LogP) is 5.23. The Morgan fingerprint density at radius 2 is 1.67 bits per heavy atom. The van der Waals surface area contributed by atoms with Crippen molar-refractivity contribution < 1.29 is 9.21 Å². The van der Waals surface area contributed by atoms with E-state index in [0.29, 0.717) is 11.8 Å². The highest BCUT2D eigenvalue weighted by Gasteiger charge is 2.21. The molecule has 3 aromatic rings. The van der Waals surface area contributed by atoms with E-state index in [2.05, 4.69) is 15.5 Å². The molecule has 1 aromatic heterocycles. The Kier molecular flexibility index (Phi) is 5.01. The Bertz CT molecular complexity index is 925. The van der Waals surface area contributed by atoms with Gasteiger partial charge in [-0.2, -0.15) is 0 Å². The van der Waals surface area contributed by atoms with Gasteiger partial charge in [0.05, 0.1) is 0 Å². The van der Waals surface area contributed by atoms with Crippen LogP contribution in [-0.2, 0) is 4.79 Å². The molecule has 27 heavy (non-hydrogen) atoms. The molecule has 1 aliphatic rings. The van der Waals surface area contributed by atoms with Gasteiger partial charge in [0, 0.05) is 22.7 Å². The highest BCUT2D eigenvalue weighted by atomic mass is 16.4. The van der Waals surface area contributed by atoms with E-state index in [1.54, 1.807) is 0 Å². The van der Waals surface area contributed by atoms with Crippen LogP contribution in [0.4, 0.5) is 5.69 Å². The summed E-state index contributed by atoms with van der Waals surface area (Å²) in [6.07, 6.45) is 5.53. The Morgan fingerprint density at radius 3 is 2.41 bits per heavy atom. The number of hydrogen-bond donors (Lipinski definition) is 1. The minimum Gasteiger partial charge on any atom is -0.416 e. The van der Waals surface area contributed by atoms with Gasteiger partial charge in [0.25, 0.3) is 0 Å². The Morgan fingerprint density at radius 1 is 0.963 bits per heavy atom. The van der Waals surface area contributed by atoms with Crippen molar-refractivity contribution in [1.82, 2.24) is 10.2 Å². The number of nitrogens with one attached hydrogen (secondary N) is 1. The molecule has 1 heterocycles. The standard InChI is InChI=1S/C22H23N3O2/c1-15-7-5-6-10-19(15)22-25-24-21(27-22)17-11-13-18(14-12-17)23-20(26)16-8-3-2-4-9-16/h5-7,10-14,16H,2-4,8-9H2,1H3,(H,23,26). The third kappa shape index (κ3) is 3.92. The van der Waals surface area contributed by atoms with Crippen molar-refractivity contribution >= 4 is 11.6 Å². The molecule has 0 unspecified atom stereocenters. The van der Waals surface area contributed by atoms with Crippen molar-refractivity contribution in [2.75, 3.05) is 5.32 Å². The van der Waals surface area contributed by atoms with E-state index in [1.807, 2.05) is 55.5 Å². The number of benzene rings is 2. The molecule has 138 valence electrons. The zero-order chi connectivity index (χ0) is 18.6. The lowest BCUT2D eigenvalue weighted by Gasteiger charge is -2.20. The molecule has 0 spiro atoms. The molecule has 5 nitrogen and oxygen atoms in total. The summed E-state index contributed by atoms with van der Waals surface area (Å²) in [6.45, 7) is 2.02. The maximum Gasteiger partial charge on any atom is 0.248 e. The number of rotatable bonds is 4. The third-order valence-corrected chi connectivity index (χ3v) is 5.18. The van der Waals surface area contributed by atoms with E-state index in [1.165, 1.54) is 6.42 Å². The summed E-state index contributed by atoms with van der Waals surface area (Å²) in [5.74, 6) is 1.25. The van der Waals surface area contributed by atoms with Crippen LogP contribution in [0.25, 0.3) is 22.9 Å². The van der Waals surface area contributed by atoms with Gasteiger partial charge < -0.3 is 9.73 Å². The molecule has 1 fully saturated rings. The van der Waals surface area contributed by atoms with E-state index < -0.39 is 0 Å². The molecule has 0 radical (unpaired) electrons. The highest BCUT2D eigenvalue weighted by molar-refractivity contribution is 5.92. The smallest absolute Gasteiger partial charge is 0.248 e. The second-order valence-electron chi connectivity index (χ2n) is 7.13. The first kappa shape index (κ1) is 17.5. The lowest BCUT2D eigenvalue weighted by Crippen LogP contribution is -2.24. The van der Waals surface area contributed by atoms with Crippen molar-refractivity contribution in [2.24, 2.45) is 5.92 Å².